The summed E-state index contributed by atoms with van der Waals surface area (Å²) in [6.07, 6.45) is 3.01. The molecule has 0 spiro atoms. The second kappa shape index (κ2) is 7.54. The molecule has 16 heavy (non-hydrogen) atoms. The summed E-state index contributed by atoms with van der Waals surface area (Å²) in [5, 5.41) is 3.48. The predicted molar refractivity (Wildman–Crippen MR) is 70.1 cm³/mol. The molecule has 0 fully saturated rings. The first-order valence-electron chi connectivity index (χ1n) is 5.66. The molecule has 0 radical (unpaired) electrons. The molecule has 0 bridgehead atoms. The van der Waals surface area contributed by atoms with Crippen molar-refractivity contribution < 1.29 is 4.42 Å². The van der Waals surface area contributed by atoms with E-state index in [0.717, 1.165) is 36.2 Å². The van der Waals surface area contributed by atoms with Crippen LogP contribution in [0.25, 0.3) is 0 Å². The van der Waals surface area contributed by atoms with Crippen LogP contribution in [0.1, 0.15) is 44.9 Å². The molecule has 0 aliphatic heterocycles. The van der Waals surface area contributed by atoms with Gasteiger partial charge in [0.25, 0.3) is 0 Å². The van der Waals surface area contributed by atoms with Gasteiger partial charge in [0.05, 0.1) is 6.04 Å². The molecule has 1 N–H and O–H groups in total. The summed E-state index contributed by atoms with van der Waals surface area (Å²) < 4.78 is 6.36. The first-order valence-corrected chi connectivity index (χ1v) is 6.45. The molecule has 1 unspecified atom stereocenters. The fourth-order valence-corrected chi connectivity index (χ4v) is 1.84. The van der Waals surface area contributed by atoms with E-state index in [9.17, 15) is 0 Å². The molecule has 1 rings (SSSR count). The van der Waals surface area contributed by atoms with Crippen molar-refractivity contribution in [1.82, 2.24) is 5.32 Å². The lowest BCUT2D eigenvalue weighted by Gasteiger charge is -2.14. The Morgan fingerprint density at radius 3 is 2.88 bits per heavy atom. The van der Waals surface area contributed by atoms with Crippen LogP contribution in [0.15, 0.2) is 21.2 Å². The van der Waals surface area contributed by atoms with Crippen molar-refractivity contribution >= 4 is 15.9 Å². The van der Waals surface area contributed by atoms with Crippen LogP contribution in [-0.2, 0) is 0 Å². The number of halogens is 1. The van der Waals surface area contributed by atoms with Crippen molar-refractivity contribution in [2.24, 2.45) is 0 Å². The Kier molecular flexibility index (Phi) is 6.29. The van der Waals surface area contributed by atoms with Crippen molar-refractivity contribution in [2.45, 2.75) is 39.2 Å². The molecule has 0 saturated heterocycles. The largest absolute Gasteiger partial charge is 0.453 e. The van der Waals surface area contributed by atoms with Crippen LogP contribution in [-0.4, -0.2) is 6.54 Å². The first-order chi connectivity index (χ1) is 7.77. The zero-order chi connectivity index (χ0) is 11.8. The van der Waals surface area contributed by atoms with Gasteiger partial charge in [0.1, 0.15) is 5.76 Å². The standard InChI is InChI=1S/C13H18BrNO/c1-3-5-6-7-11(15-10-4-2)12-8-9-13(14)16-12/h8-9,11,15H,4,6-7,10H2,1-2H3. The monoisotopic (exact) mass is 283 g/mol. The first kappa shape index (κ1) is 13.3. The van der Waals surface area contributed by atoms with Crippen LogP contribution in [0.4, 0.5) is 0 Å². The zero-order valence-corrected chi connectivity index (χ0v) is 11.4. The smallest absolute Gasteiger partial charge is 0.169 e. The van der Waals surface area contributed by atoms with Crippen molar-refractivity contribution in [3.63, 3.8) is 0 Å². The van der Waals surface area contributed by atoms with Crippen molar-refractivity contribution in [1.29, 1.82) is 0 Å². The van der Waals surface area contributed by atoms with Gasteiger partial charge in [-0.2, -0.15) is 0 Å². The van der Waals surface area contributed by atoms with Crippen molar-refractivity contribution in [3.8, 4) is 11.8 Å². The van der Waals surface area contributed by atoms with Gasteiger partial charge in [-0.25, -0.2) is 0 Å². The van der Waals surface area contributed by atoms with Crippen LogP contribution in [0.5, 0.6) is 0 Å². The normalized spacial score (nSPS) is 11.9. The summed E-state index contributed by atoms with van der Waals surface area (Å²) in [7, 11) is 0. The average Bonchev–Trinajstić information content (AvgIpc) is 2.70. The van der Waals surface area contributed by atoms with Crippen molar-refractivity contribution in [2.75, 3.05) is 6.54 Å². The minimum atomic E-state index is 0.270. The Balaban J connectivity index is 2.57. The summed E-state index contributed by atoms with van der Waals surface area (Å²) in [6.45, 7) is 5.04. The maximum absolute atomic E-state index is 5.58. The Morgan fingerprint density at radius 1 is 1.50 bits per heavy atom. The lowest BCUT2D eigenvalue weighted by Crippen LogP contribution is -2.21. The van der Waals surface area contributed by atoms with E-state index in [1.807, 2.05) is 19.1 Å². The number of rotatable bonds is 6. The predicted octanol–water partition coefficient (Wildman–Crippen LogP) is 3.89. The van der Waals surface area contributed by atoms with Gasteiger partial charge in [-0.1, -0.05) is 6.92 Å². The average molecular weight is 284 g/mol. The number of hydrogen-bond donors (Lipinski definition) is 1. The third-order valence-corrected chi connectivity index (χ3v) is 2.74. The van der Waals surface area contributed by atoms with E-state index in [0.29, 0.717) is 0 Å². The van der Waals surface area contributed by atoms with E-state index in [1.54, 1.807) is 0 Å². The molecular formula is C13H18BrNO. The molecule has 1 heterocycles. The minimum Gasteiger partial charge on any atom is -0.453 e. The van der Waals surface area contributed by atoms with Gasteiger partial charge in [-0.15, -0.1) is 11.8 Å². The van der Waals surface area contributed by atoms with Gasteiger partial charge in [-0.3, -0.25) is 0 Å². The molecule has 88 valence electrons. The molecule has 1 aromatic rings. The second-order valence-electron chi connectivity index (χ2n) is 3.61. The summed E-state index contributed by atoms with van der Waals surface area (Å²) in [5.74, 6) is 6.99. The molecular weight excluding hydrogens is 266 g/mol. The molecule has 1 atom stereocenters. The zero-order valence-electron chi connectivity index (χ0n) is 9.85. The maximum atomic E-state index is 5.58. The molecule has 0 aliphatic carbocycles. The number of hydrogen-bond acceptors (Lipinski definition) is 2. The highest BCUT2D eigenvalue weighted by molar-refractivity contribution is 9.10. The summed E-state index contributed by atoms with van der Waals surface area (Å²) in [6, 6.07) is 4.21. The van der Waals surface area contributed by atoms with E-state index in [-0.39, 0.29) is 6.04 Å². The lowest BCUT2D eigenvalue weighted by atomic mass is 10.1. The van der Waals surface area contributed by atoms with Crippen LogP contribution >= 0.6 is 15.9 Å². The maximum Gasteiger partial charge on any atom is 0.169 e. The quantitative estimate of drug-likeness (QED) is 0.802. The van der Waals surface area contributed by atoms with Gasteiger partial charge in [0.2, 0.25) is 0 Å². The fraction of sp³-hybridized carbons (Fsp3) is 0.538. The van der Waals surface area contributed by atoms with Gasteiger partial charge >= 0.3 is 0 Å². The highest BCUT2D eigenvalue weighted by atomic mass is 79.9. The van der Waals surface area contributed by atoms with Crippen molar-refractivity contribution in [3.05, 3.63) is 22.6 Å². The Bertz CT molecular complexity index is 361. The molecule has 1 aromatic heterocycles. The van der Waals surface area contributed by atoms with Crippen LogP contribution < -0.4 is 5.32 Å². The molecule has 3 heteroatoms. The summed E-state index contributed by atoms with van der Waals surface area (Å²) in [5.41, 5.74) is 0. The van der Waals surface area contributed by atoms with Crippen LogP contribution in [0, 0.1) is 11.8 Å². The van der Waals surface area contributed by atoms with E-state index < -0.39 is 0 Å². The van der Waals surface area contributed by atoms with Crippen LogP contribution in [0.2, 0.25) is 0 Å². The summed E-state index contributed by atoms with van der Waals surface area (Å²) in [4.78, 5) is 0. The fourth-order valence-electron chi connectivity index (χ4n) is 1.52. The molecule has 0 saturated carbocycles. The lowest BCUT2D eigenvalue weighted by molar-refractivity contribution is 0.389. The van der Waals surface area contributed by atoms with Gasteiger partial charge in [-0.05, 0) is 54.4 Å². The van der Waals surface area contributed by atoms with E-state index in [2.05, 4.69) is 40.0 Å². The Hall–Kier alpha value is -0.720. The number of furan rings is 1. The highest BCUT2D eigenvalue weighted by Crippen LogP contribution is 2.23. The Morgan fingerprint density at radius 2 is 2.31 bits per heavy atom. The molecule has 0 amide bonds. The van der Waals surface area contributed by atoms with Gasteiger partial charge < -0.3 is 9.73 Å². The van der Waals surface area contributed by atoms with Crippen LogP contribution in [0.3, 0.4) is 0 Å². The molecule has 2 nitrogen and oxygen atoms in total. The SMILES string of the molecule is CC#CCCC(NCCC)c1ccc(Br)o1. The third-order valence-electron chi connectivity index (χ3n) is 2.31. The van der Waals surface area contributed by atoms with Gasteiger partial charge in [0, 0.05) is 6.42 Å². The van der Waals surface area contributed by atoms with E-state index in [1.165, 1.54) is 0 Å². The number of nitrogens with one attached hydrogen (secondary N) is 1. The van der Waals surface area contributed by atoms with Gasteiger partial charge in [0.15, 0.2) is 4.67 Å². The second-order valence-corrected chi connectivity index (χ2v) is 4.40. The van der Waals surface area contributed by atoms with E-state index in [4.69, 9.17) is 4.42 Å². The van der Waals surface area contributed by atoms with E-state index >= 15 is 0 Å². The summed E-state index contributed by atoms with van der Waals surface area (Å²) >= 11 is 3.33. The minimum absolute atomic E-state index is 0.270. The highest BCUT2D eigenvalue weighted by Gasteiger charge is 2.13. The third kappa shape index (κ3) is 4.42. The molecule has 0 aliphatic rings. The topological polar surface area (TPSA) is 25.2 Å². The molecule has 0 aromatic carbocycles. The Labute approximate surface area is 106 Å².